The number of nitrogens with one attached hydrogen (secondary N) is 1. The maximum absolute atomic E-state index is 12.5. The second kappa shape index (κ2) is 6.98. The van der Waals surface area contributed by atoms with Gasteiger partial charge in [0.15, 0.2) is 4.32 Å². The van der Waals surface area contributed by atoms with Crippen LogP contribution in [0.1, 0.15) is 21.5 Å². The number of hydrogen-bond acceptors (Lipinski definition) is 4. The molecule has 1 aliphatic heterocycles. The molecule has 0 bridgehead atoms. The molecule has 0 aromatic heterocycles. The minimum Gasteiger partial charge on any atom is -0.267 e. The van der Waals surface area contributed by atoms with Gasteiger partial charge in [-0.1, -0.05) is 54.2 Å². The monoisotopic (exact) mass is 354 g/mol. The summed E-state index contributed by atoms with van der Waals surface area (Å²) in [6.45, 7) is 1.98. The maximum atomic E-state index is 12.5. The zero-order valence-electron chi connectivity index (χ0n) is 12.9. The number of rotatable bonds is 3. The van der Waals surface area contributed by atoms with Crippen molar-refractivity contribution in [3.63, 3.8) is 0 Å². The molecule has 120 valence electrons. The summed E-state index contributed by atoms with van der Waals surface area (Å²) in [4.78, 5) is 25.2. The van der Waals surface area contributed by atoms with E-state index in [1.165, 1.54) is 11.8 Å². The lowest BCUT2D eigenvalue weighted by Gasteiger charge is -2.15. The van der Waals surface area contributed by atoms with Crippen LogP contribution >= 0.6 is 24.0 Å². The van der Waals surface area contributed by atoms with E-state index in [1.807, 2.05) is 37.3 Å². The average Bonchev–Trinajstić information content (AvgIpc) is 2.85. The van der Waals surface area contributed by atoms with Gasteiger partial charge in [-0.05, 0) is 48.5 Å². The van der Waals surface area contributed by atoms with E-state index in [1.54, 1.807) is 30.3 Å². The third-order valence-corrected chi connectivity index (χ3v) is 4.82. The molecule has 1 fully saturated rings. The van der Waals surface area contributed by atoms with Gasteiger partial charge in [0.25, 0.3) is 11.8 Å². The van der Waals surface area contributed by atoms with Crippen molar-refractivity contribution in [2.45, 2.75) is 6.92 Å². The molecule has 3 rings (SSSR count). The summed E-state index contributed by atoms with van der Waals surface area (Å²) in [7, 11) is 0. The Kier molecular flexibility index (Phi) is 4.78. The summed E-state index contributed by atoms with van der Waals surface area (Å²) in [5.41, 5.74) is 5.05. The molecule has 0 unspecified atom stereocenters. The Morgan fingerprint density at radius 3 is 2.50 bits per heavy atom. The molecule has 2 aromatic carbocycles. The normalized spacial score (nSPS) is 15.9. The van der Waals surface area contributed by atoms with Crippen molar-refractivity contribution in [1.29, 1.82) is 0 Å². The number of thioether (sulfide) groups is 1. The van der Waals surface area contributed by atoms with Gasteiger partial charge in [0.2, 0.25) is 0 Å². The topological polar surface area (TPSA) is 49.4 Å². The largest absolute Gasteiger partial charge is 0.285 e. The summed E-state index contributed by atoms with van der Waals surface area (Å²) < 4.78 is 0.309. The average molecular weight is 354 g/mol. The Balaban J connectivity index is 1.80. The third kappa shape index (κ3) is 3.39. The van der Waals surface area contributed by atoms with E-state index in [0.717, 1.165) is 16.1 Å². The van der Waals surface area contributed by atoms with Crippen LogP contribution in [0.4, 0.5) is 0 Å². The molecule has 0 atom stereocenters. The van der Waals surface area contributed by atoms with Crippen molar-refractivity contribution in [2.75, 3.05) is 0 Å². The first kappa shape index (κ1) is 16.4. The van der Waals surface area contributed by atoms with E-state index < -0.39 is 0 Å². The SMILES string of the molecule is Cc1ccccc1/C=C1\SC(=S)N(NC(=O)c2ccccc2)C1=O. The molecule has 0 saturated carbocycles. The molecule has 1 aliphatic rings. The first-order chi connectivity index (χ1) is 11.6. The van der Waals surface area contributed by atoms with E-state index in [4.69, 9.17) is 12.2 Å². The molecule has 24 heavy (non-hydrogen) atoms. The van der Waals surface area contributed by atoms with Gasteiger partial charge in [-0.2, -0.15) is 5.01 Å². The van der Waals surface area contributed by atoms with Crippen LogP contribution < -0.4 is 5.43 Å². The van der Waals surface area contributed by atoms with Gasteiger partial charge >= 0.3 is 0 Å². The fourth-order valence-corrected chi connectivity index (χ4v) is 3.38. The van der Waals surface area contributed by atoms with Crippen LogP contribution in [-0.2, 0) is 4.79 Å². The van der Waals surface area contributed by atoms with Crippen molar-refractivity contribution in [2.24, 2.45) is 0 Å². The van der Waals surface area contributed by atoms with Crippen LogP contribution in [0.5, 0.6) is 0 Å². The summed E-state index contributed by atoms with van der Waals surface area (Å²) in [6.07, 6.45) is 1.79. The van der Waals surface area contributed by atoms with Gasteiger partial charge < -0.3 is 0 Å². The lowest BCUT2D eigenvalue weighted by atomic mass is 10.1. The van der Waals surface area contributed by atoms with Crippen LogP contribution in [0.25, 0.3) is 6.08 Å². The van der Waals surface area contributed by atoms with Gasteiger partial charge in [0.1, 0.15) is 0 Å². The Bertz CT molecular complexity index is 847. The summed E-state index contributed by atoms with van der Waals surface area (Å²) in [6, 6.07) is 16.5. The number of nitrogens with zero attached hydrogens (tertiary/aromatic N) is 1. The zero-order chi connectivity index (χ0) is 17.1. The van der Waals surface area contributed by atoms with Gasteiger partial charge in [-0.3, -0.25) is 15.0 Å². The molecule has 0 aliphatic carbocycles. The molecule has 0 spiro atoms. The standard InChI is InChI=1S/C18H14N2O2S2/c1-12-7-5-6-10-14(12)11-15-17(22)20(18(23)24-15)19-16(21)13-8-3-2-4-9-13/h2-11H,1H3,(H,19,21)/b15-11-. The Hall–Kier alpha value is -2.44. The van der Waals surface area contributed by atoms with Crippen LogP contribution in [0.15, 0.2) is 59.5 Å². The predicted molar refractivity (Wildman–Crippen MR) is 100 cm³/mol. The smallest absolute Gasteiger partial charge is 0.267 e. The van der Waals surface area contributed by atoms with E-state index in [9.17, 15) is 9.59 Å². The number of hydrazine groups is 1. The fourth-order valence-electron chi connectivity index (χ4n) is 2.21. The molecule has 1 saturated heterocycles. The number of amides is 2. The Labute approximate surface area is 149 Å². The van der Waals surface area contributed by atoms with E-state index >= 15 is 0 Å². The zero-order valence-corrected chi connectivity index (χ0v) is 14.5. The lowest BCUT2D eigenvalue weighted by molar-refractivity contribution is -0.123. The van der Waals surface area contributed by atoms with E-state index in [0.29, 0.717) is 14.8 Å². The van der Waals surface area contributed by atoms with Crippen molar-refractivity contribution >= 4 is 46.2 Å². The van der Waals surface area contributed by atoms with Crippen LogP contribution in [0.3, 0.4) is 0 Å². The fraction of sp³-hybridized carbons (Fsp3) is 0.0556. The lowest BCUT2D eigenvalue weighted by Crippen LogP contribution is -2.44. The first-order valence-corrected chi connectivity index (χ1v) is 8.48. The maximum Gasteiger partial charge on any atom is 0.285 e. The van der Waals surface area contributed by atoms with Crippen molar-refractivity contribution in [1.82, 2.24) is 10.4 Å². The molecular weight excluding hydrogens is 340 g/mol. The van der Waals surface area contributed by atoms with Crippen LogP contribution in [-0.4, -0.2) is 21.1 Å². The Morgan fingerprint density at radius 1 is 1.12 bits per heavy atom. The van der Waals surface area contributed by atoms with Crippen molar-refractivity contribution < 1.29 is 9.59 Å². The first-order valence-electron chi connectivity index (χ1n) is 7.26. The molecule has 1 heterocycles. The van der Waals surface area contributed by atoms with Gasteiger partial charge in [0, 0.05) is 5.56 Å². The minimum atomic E-state index is -0.371. The number of benzene rings is 2. The highest BCUT2D eigenvalue weighted by Crippen LogP contribution is 2.31. The van der Waals surface area contributed by atoms with Crippen LogP contribution in [0, 0.1) is 6.92 Å². The van der Waals surface area contributed by atoms with Gasteiger partial charge in [-0.15, -0.1) is 0 Å². The van der Waals surface area contributed by atoms with E-state index in [-0.39, 0.29) is 11.8 Å². The van der Waals surface area contributed by atoms with Gasteiger partial charge in [0.05, 0.1) is 4.91 Å². The number of carbonyl (C=O) groups excluding carboxylic acids is 2. The molecule has 1 N–H and O–H groups in total. The second-order valence-electron chi connectivity index (χ2n) is 5.18. The van der Waals surface area contributed by atoms with Gasteiger partial charge in [-0.25, -0.2) is 0 Å². The summed E-state index contributed by atoms with van der Waals surface area (Å²) in [5.74, 6) is -0.693. The quantitative estimate of drug-likeness (QED) is 0.677. The highest BCUT2D eigenvalue weighted by atomic mass is 32.2. The second-order valence-corrected chi connectivity index (χ2v) is 6.86. The highest BCUT2D eigenvalue weighted by molar-refractivity contribution is 8.26. The minimum absolute atomic E-state index is 0.309. The summed E-state index contributed by atoms with van der Waals surface area (Å²) >= 11 is 6.40. The molecule has 0 radical (unpaired) electrons. The molecular formula is C18H14N2O2S2. The number of aryl methyl sites for hydroxylation is 1. The number of thiocarbonyl (C=S) groups is 1. The molecule has 2 aromatic rings. The van der Waals surface area contributed by atoms with Crippen molar-refractivity contribution in [3.05, 3.63) is 76.2 Å². The number of hydrogen-bond donors (Lipinski definition) is 1. The molecule has 4 nitrogen and oxygen atoms in total. The van der Waals surface area contributed by atoms with E-state index in [2.05, 4.69) is 5.43 Å². The number of carbonyl (C=O) groups is 2. The Morgan fingerprint density at radius 2 is 1.79 bits per heavy atom. The highest BCUT2D eigenvalue weighted by Gasteiger charge is 2.33. The summed E-state index contributed by atoms with van der Waals surface area (Å²) in [5, 5.41) is 1.12. The molecule has 2 amide bonds. The van der Waals surface area contributed by atoms with Crippen molar-refractivity contribution in [3.8, 4) is 0 Å². The van der Waals surface area contributed by atoms with Crippen LogP contribution in [0.2, 0.25) is 0 Å². The third-order valence-electron chi connectivity index (χ3n) is 3.52. The molecule has 6 heteroatoms. The predicted octanol–water partition coefficient (Wildman–Crippen LogP) is 3.54.